The third kappa shape index (κ3) is 6.18. The van der Waals surface area contributed by atoms with E-state index >= 15 is 0 Å². The van der Waals surface area contributed by atoms with Crippen molar-refractivity contribution in [2.24, 2.45) is 12.0 Å². The van der Waals surface area contributed by atoms with Crippen molar-refractivity contribution in [1.29, 1.82) is 0 Å². The summed E-state index contributed by atoms with van der Waals surface area (Å²) in [5, 5.41) is 13.7. The van der Waals surface area contributed by atoms with Gasteiger partial charge in [0.2, 0.25) is 0 Å². The van der Waals surface area contributed by atoms with Crippen LogP contribution in [0.15, 0.2) is 59.9 Å². The van der Waals surface area contributed by atoms with Crippen LogP contribution in [0.4, 0.5) is 0 Å². The molecular weight excluding hydrogens is 487 g/mol. The number of rotatable bonds is 7. The fourth-order valence-electron chi connectivity index (χ4n) is 3.44. The van der Waals surface area contributed by atoms with Gasteiger partial charge in [0.25, 0.3) is 0 Å². The minimum absolute atomic E-state index is 0. The highest BCUT2D eigenvalue weighted by molar-refractivity contribution is 14.0. The third-order valence-electron chi connectivity index (χ3n) is 5.13. The number of hydrogen-bond acceptors (Lipinski definition) is 3. The fourth-order valence-corrected chi connectivity index (χ4v) is 3.44. The highest BCUT2D eigenvalue weighted by Crippen LogP contribution is 2.21. The molecule has 2 N–H and O–H groups in total. The summed E-state index contributed by atoms with van der Waals surface area (Å²) in [6.07, 6.45) is 3.97. The van der Waals surface area contributed by atoms with Crippen LogP contribution < -0.4 is 10.6 Å². The van der Waals surface area contributed by atoms with Crippen LogP contribution in [-0.4, -0.2) is 47.8 Å². The second-order valence-corrected chi connectivity index (χ2v) is 7.62. The molecule has 1 heterocycles. The van der Waals surface area contributed by atoms with E-state index in [9.17, 15) is 0 Å². The second kappa shape index (κ2) is 11.3. The molecule has 0 saturated carbocycles. The van der Waals surface area contributed by atoms with Crippen LogP contribution in [0.5, 0.6) is 0 Å². The molecule has 30 heavy (non-hydrogen) atoms. The summed E-state index contributed by atoms with van der Waals surface area (Å²) in [5.41, 5.74) is 2.41. The maximum atomic E-state index is 4.86. The molecule has 1 aromatic heterocycles. The van der Waals surface area contributed by atoms with Gasteiger partial charge in [0.1, 0.15) is 0 Å². The maximum Gasteiger partial charge on any atom is 0.191 e. The summed E-state index contributed by atoms with van der Waals surface area (Å²) in [5.74, 6) is 0.823. The smallest absolute Gasteiger partial charge is 0.191 e. The molecule has 0 fully saturated rings. The van der Waals surface area contributed by atoms with E-state index in [-0.39, 0.29) is 36.1 Å². The van der Waals surface area contributed by atoms with E-state index in [0.717, 1.165) is 12.5 Å². The first-order valence-corrected chi connectivity index (χ1v) is 10.2. The van der Waals surface area contributed by atoms with E-state index < -0.39 is 0 Å². The summed E-state index contributed by atoms with van der Waals surface area (Å²) in [6.45, 7) is 5.72. The van der Waals surface area contributed by atoms with Crippen molar-refractivity contribution < 1.29 is 0 Å². The van der Waals surface area contributed by atoms with E-state index in [1.807, 2.05) is 17.9 Å². The normalized spacial score (nSPS) is 13.7. The molecular formula is C23H33IN6. The molecule has 2 aromatic carbocycles. The van der Waals surface area contributed by atoms with Crippen molar-refractivity contribution in [2.75, 3.05) is 27.2 Å². The number of benzene rings is 2. The summed E-state index contributed by atoms with van der Waals surface area (Å²) in [7, 11) is 6.09. The lowest BCUT2D eigenvalue weighted by molar-refractivity contribution is 0.306. The Morgan fingerprint density at radius 2 is 1.87 bits per heavy atom. The minimum atomic E-state index is 0. The molecule has 0 aliphatic carbocycles. The molecule has 0 spiro atoms. The summed E-state index contributed by atoms with van der Waals surface area (Å²) < 4.78 is 1.83. The zero-order chi connectivity index (χ0) is 20.8. The Labute approximate surface area is 196 Å². The largest absolute Gasteiger partial charge is 0.357 e. The van der Waals surface area contributed by atoms with Gasteiger partial charge < -0.3 is 15.5 Å². The minimum Gasteiger partial charge on any atom is -0.357 e. The monoisotopic (exact) mass is 520 g/mol. The van der Waals surface area contributed by atoms with E-state index in [4.69, 9.17) is 4.99 Å². The molecule has 3 rings (SSSR count). The number of likely N-dealkylation sites (N-methyl/N-ethyl adjacent to an activating group) is 1. The lowest BCUT2D eigenvalue weighted by Gasteiger charge is -2.23. The summed E-state index contributed by atoms with van der Waals surface area (Å²) >= 11 is 0. The standard InChI is InChI=1S/C23H32N6.HI/c1-6-24-23(25-15-22(28(3)4)21-14-26-29(5)16-21)27-17(2)19-12-11-18-9-7-8-10-20(18)13-19;/h7-14,16-17,22H,6,15H2,1-5H3,(H2,24,25,27);1H. The Hall–Kier alpha value is -2.13. The van der Waals surface area contributed by atoms with Crippen molar-refractivity contribution in [2.45, 2.75) is 25.9 Å². The Balaban J connectivity index is 0.00000320. The SMILES string of the molecule is CCNC(=NCC(c1cnn(C)c1)N(C)C)NC(C)c1ccc2ccccc2c1.I. The van der Waals surface area contributed by atoms with Crippen LogP contribution in [0.25, 0.3) is 10.8 Å². The number of aromatic nitrogens is 2. The van der Waals surface area contributed by atoms with E-state index in [1.165, 1.54) is 21.9 Å². The van der Waals surface area contributed by atoms with Gasteiger partial charge in [-0.15, -0.1) is 24.0 Å². The number of nitrogens with one attached hydrogen (secondary N) is 2. The predicted molar refractivity (Wildman–Crippen MR) is 137 cm³/mol. The first-order valence-electron chi connectivity index (χ1n) is 10.2. The van der Waals surface area contributed by atoms with Gasteiger partial charge in [-0.1, -0.05) is 36.4 Å². The van der Waals surface area contributed by atoms with Crippen molar-refractivity contribution >= 4 is 40.7 Å². The maximum absolute atomic E-state index is 4.86. The van der Waals surface area contributed by atoms with Crippen molar-refractivity contribution in [1.82, 2.24) is 25.3 Å². The molecule has 3 aromatic rings. The number of aliphatic imine (C=N–C) groups is 1. The first kappa shape index (κ1) is 24.1. The van der Waals surface area contributed by atoms with Crippen LogP contribution in [-0.2, 0) is 7.05 Å². The number of hydrogen-bond donors (Lipinski definition) is 2. The van der Waals surface area contributed by atoms with Gasteiger partial charge in [0, 0.05) is 25.4 Å². The predicted octanol–water partition coefficient (Wildman–Crippen LogP) is 4.11. The van der Waals surface area contributed by atoms with E-state index in [1.54, 1.807) is 0 Å². The van der Waals surface area contributed by atoms with E-state index in [0.29, 0.717) is 6.54 Å². The molecule has 162 valence electrons. The molecule has 7 heteroatoms. The summed E-state index contributed by atoms with van der Waals surface area (Å²) in [4.78, 5) is 7.04. The molecule has 6 nitrogen and oxygen atoms in total. The highest BCUT2D eigenvalue weighted by atomic mass is 127. The van der Waals surface area contributed by atoms with Gasteiger partial charge in [-0.25, -0.2) is 0 Å². The lowest BCUT2D eigenvalue weighted by Crippen LogP contribution is -2.39. The Morgan fingerprint density at radius 1 is 1.13 bits per heavy atom. The van der Waals surface area contributed by atoms with Gasteiger partial charge in [0.05, 0.1) is 24.8 Å². The molecule has 0 amide bonds. The summed E-state index contributed by atoms with van der Waals surface area (Å²) in [6, 6.07) is 15.4. The second-order valence-electron chi connectivity index (χ2n) is 7.62. The number of fused-ring (bicyclic) bond motifs is 1. The van der Waals surface area contributed by atoms with Crippen molar-refractivity contribution in [3.8, 4) is 0 Å². The Kier molecular flexibility index (Phi) is 9.10. The van der Waals surface area contributed by atoms with Gasteiger partial charge in [-0.2, -0.15) is 5.10 Å². The Bertz CT molecular complexity index is 965. The topological polar surface area (TPSA) is 57.5 Å². The molecule has 0 bridgehead atoms. The van der Waals surface area contributed by atoms with Crippen LogP contribution in [0.2, 0.25) is 0 Å². The fraction of sp³-hybridized carbons (Fsp3) is 0.391. The number of nitrogens with zero attached hydrogens (tertiary/aromatic N) is 4. The number of aryl methyl sites for hydroxylation is 1. The van der Waals surface area contributed by atoms with Crippen molar-refractivity contribution in [3.05, 3.63) is 66.0 Å². The Morgan fingerprint density at radius 3 is 2.50 bits per heavy atom. The highest BCUT2D eigenvalue weighted by Gasteiger charge is 2.16. The van der Waals surface area contributed by atoms with Crippen molar-refractivity contribution in [3.63, 3.8) is 0 Å². The zero-order valence-electron chi connectivity index (χ0n) is 18.5. The van der Waals surface area contributed by atoms with Gasteiger partial charge in [-0.05, 0) is 50.3 Å². The zero-order valence-corrected chi connectivity index (χ0v) is 20.8. The van der Waals surface area contributed by atoms with E-state index in [2.05, 4.69) is 97.2 Å². The molecule has 2 unspecified atom stereocenters. The van der Waals surface area contributed by atoms with Crippen LogP contribution in [0, 0.1) is 0 Å². The van der Waals surface area contributed by atoms with Crippen LogP contribution in [0.3, 0.4) is 0 Å². The average Bonchev–Trinajstić information content (AvgIpc) is 3.13. The van der Waals surface area contributed by atoms with Gasteiger partial charge >= 0.3 is 0 Å². The molecule has 0 radical (unpaired) electrons. The average molecular weight is 520 g/mol. The van der Waals surface area contributed by atoms with Gasteiger partial charge in [0.15, 0.2) is 5.96 Å². The molecule has 0 aliphatic heterocycles. The third-order valence-corrected chi connectivity index (χ3v) is 5.13. The lowest BCUT2D eigenvalue weighted by atomic mass is 10.0. The first-order chi connectivity index (χ1) is 14.0. The molecule has 2 atom stereocenters. The van der Waals surface area contributed by atoms with Gasteiger partial charge in [-0.3, -0.25) is 9.67 Å². The molecule has 0 saturated heterocycles. The number of guanidine groups is 1. The molecule has 0 aliphatic rings. The number of halogens is 1. The van der Waals surface area contributed by atoms with Crippen LogP contribution >= 0.6 is 24.0 Å². The van der Waals surface area contributed by atoms with Crippen LogP contribution in [0.1, 0.15) is 37.1 Å². The quantitative estimate of drug-likeness (QED) is 0.280.